The van der Waals surface area contributed by atoms with Crippen LogP contribution in [0.5, 0.6) is 0 Å². The van der Waals surface area contributed by atoms with Gasteiger partial charge in [0.1, 0.15) is 0 Å². The van der Waals surface area contributed by atoms with Crippen LogP contribution in [0.4, 0.5) is 0 Å². The van der Waals surface area contributed by atoms with Gasteiger partial charge in [-0.1, -0.05) is 0 Å². The molecule has 0 saturated carbocycles. The van der Waals surface area contributed by atoms with Crippen molar-refractivity contribution in [2.75, 3.05) is 20.6 Å². The molecule has 0 fully saturated rings. The van der Waals surface area contributed by atoms with Crippen molar-refractivity contribution >= 4 is 11.9 Å². The normalized spacial score (nSPS) is 14.4. The van der Waals surface area contributed by atoms with Crippen molar-refractivity contribution in [3.8, 4) is 0 Å². The Labute approximate surface area is 102 Å². The molecule has 0 aromatic rings. The summed E-state index contributed by atoms with van der Waals surface area (Å²) in [5, 5.41) is 11.3. The molecule has 100 valence electrons. The van der Waals surface area contributed by atoms with Crippen molar-refractivity contribution in [3.05, 3.63) is 0 Å². The second kappa shape index (κ2) is 8.03. The first-order valence-electron chi connectivity index (χ1n) is 5.75. The van der Waals surface area contributed by atoms with Gasteiger partial charge >= 0.3 is 5.97 Å². The molecule has 6 heteroatoms. The third kappa shape index (κ3) is 8.65. The predicted octanol–water partition coefficient (Wildman–Crippen LogP) is -0.365. The highest BCUT2D eigenvalue weighted by atomic mass is 16.4. The summed E-state index contributed by atoms with van der Waals surface area (Å²) in [4.78, 5) is 23.9. The van der Waals surface area contributed by atoms with E-state index < -0.39 is 12.0 Å². The van der Waals surface area contributed by atoms with E-state index in [1.807, 2.05) is 25.9 Å². The lowest BCUT2D eigenvalue weighted by molar-refractivity contribution is -0.137. The van der Waals surface area contributed by atoms with Gasteiger partial charge in [-0.05, 0) is 40.4 Å². The number of carboxylic acids is 1. The molecule has 0 aliphatic carbocycles. The minimum Gasteiger partial charge on any atom is -0.481 e. The van der Waals surface area contributed by atoms with Crippen molar-refractivity contribution in [2.24, 2.45) is 5.73 Å². The molecule has 0 heterocycles. The molecular formula is C11H23N3O3. The molecule has 0 aliphatic rings. The average Bonchev–Trinajstić information content (AvgIpc) is 2.22. The van der Waals surface area contributed by atoms with Gasteiger partial charge in [0.15, 0.2) is 0 Å². The maximum absolute atomic E-state index is 11.6. The van der Waals surface area contributed by atoms with Gasteiger partial charge in [0.2, 0.25) is 5.91 Å². The molecule has 2 atom stereocenters. The van der Waals surface area contributed by atoms with Gasteiger partial charge in [0.05, 0.1) is 6.04 Å². The standard InChI is InChI=1S/C11H23N3O3/c1-8(6-7-14(2)3)13-11(17)9(12)4-5-10(15)16/h8-9H,4-7,12H2,1-3H3,(H,13,17)(H,15,16). The topological polar surface area (TPSA) is 95.7 Å². The lowest BCUT2D eigenvalue weighted by atomic mass is 10.1. The van der Waals surface area contributed by atoms with Crippen LogP contribution in [0.15, 0.2) is 0 Å². The Morgan fingerprint density at radius 3 is 2.41 bits per heavy atom. The molecule has 0 radical (unpaired) electrons. The van der Waals surface area contributed by atoms with Crippen LogP contribution in [-0.4, -0.2) is 54.6 Å². The number of carboxylic acid groups (broad SMARTS) is 1. The molecule has 4 N–H and O–H groups in total. The lowest BCUT2D eigenvalue weighted by Gasteiger charge is -2.19. The fraction of sp³-hybridized carbons (Fsp3) is 0.818. The van der Waals surface area contributed by atoms with E-state index in [0.717, 1.165) is 13.0 Å². The maximum Gasteiger partial charge on any atom is 0.303 e. The summed E-state index contributed by atoms with van der Waals surface area (Å²) in [6, 6.07) is -0.700. The highest BCUT2D eigenvalue weighted by molar-refractivity contribution is 5.82. The fourth-order valence-corrected chi connectivity index (χ4v) is 1.28. The summed E-state index contributed by atoms with van der Waals surface area (Å²) in [5.41, 5.74) is 5.58. The van der Waals surface area contributed by atoms with Crippen LogP contribution in [0.1, 0.15) is 26.2 Å². The van der Waals surface area contributed by atoms with E-state index in [9.17, 15) is 9.59 Å². The molecule has 0 saturated heterocycles. The molecule has 0 aromatic carbocycles. The largest absolute Gasteiger partial charge is 0.481 e. The van der Waals surface area contributed by atoms with Gasteiger partial charge in [0.25, 0.3) is 0 Å². The fourth-order valence-electron chi connectivity index (χ4n) is 1.28. The van der Waals surface area contributed by atoms with E-state index in [-0.39, 0.29) is 24.8 Å². The molecule has 0 bridgehead atoms. The monoisotopic (exact) mass is 245 g/mol. The maximum atomic E-state index is 11.6. The first-order chi connectivity index (χ1) is 7.82. The van der Waals surface area contributed by atoms with Gasteiger partial charge in [-0.2, -0.15) is 0 Å². The Morgan fingerprint density at radius 1 is 1.35 bits per heavy atom. The van der Waals surface area contributed by atoms with Crippen LogP contribution < -0.4 is 11.1 Å². The van der Waals surface area contributed by atoms with E-state index in [1.54, 1.807) is 0 Å². The van der Waals surface area contributed by atoms with E-state index >= 15 is 0 Å². The van der Waals surface area contributed by atoms with Crippen LogP contribution in [0, 0.1) is 0 Å². The Morgan fingerprint density at radius 2 is 1.94 bits per heavy atom. The van der Waals surface area contributed by atoms with Crippen LogP contribution in [0.3, 0.4) is 0 Å². The van der Waals surface area contributed by atoms with Crippen LogP contribution in [0.2, 0.25) is 0 Å². The Bertz CT molecular complexity index is 256. The zero-order valence-electron chi connectivity index (χ0n) is 10.8. The number of aliphatic carboxylic acids is 1. The highest BCUT2D eigenvalue weighted by Gasteiger charge is 2.16. The zero-order valence-corrected chi connectivity index (χ0v) is 10.8. The average molecular weight is 245 g/mol. The van der Waals surface area contributed by atoms with Crippen molar-refractivity contribution in [3.63, 3.8) is 0 Å². The molecule has 6 nitrogen and oxygen atoms in total. The number of hydrogen-bond donors (Lipinski definition) is 3. The van der Waals surface area contributed by atoms with E-state index in [1.165, 1.54) is 0 Å². The molecule has 0 aliphatic heterocycles. The van der Waals surface area contributed by atoms with Crippen LogP contribution in [-0.2, 0) is 9.59 Å². The Kier molecular flexibility index (Phi) is 7.49. The van der Waals surface area contributed by atoms with E-state index in [4.69, 9.17) is 10.8 Å². The number of nitrogens with two attached hydrogens (primary N) is 1. The highest BCUT2D eigenvalue weighted by Crippen LogP contribution is 1.97. The zero-order chi connectivity index (χ0) is 13.4. The molecular weight excluding hydrogens is 222 g/mol. The summed E-state index contributed by atoms with van der Waals surface area (Å²) in [7, 11) is 3.93. The Balaban J connectivity index is 3.86. The molecule has 0 rings (SSSR count). The lowest BCUT2D eigenvalue weighted by Crippen LogP contribution is -2.45. The molecule has 2 unspecified atom stereocenters. The quantitative estimate of drug-likeness (QED) is 0.542. The number of amides is 1. The second-order valence-electron chi connectivity index (χ2n) is 4.54. The van der Waals surface area contributed by atoms with Crippen molar-refractivity contribution in [1.82, 2.24) is 10.2 Å². The summed E-state index contributed by atoms with van der Waals surface area (Å²) in [5.74, 6) is -1.22. The van der Waals surface area contributed by atoms with Crippen molar-refractivity contribution in [1.29, 1.82) is 0 Å². The second-order valence-corrected chi connectivity index (χ2v) is 4.54. The third-order valence-electron chi connectivity index (χ3n) is 2.40. The predicted molar refractivity (Wildman–Crippen MR) is 65.6 cm³/mol. The number of nitrogens with one attached hydrogen (secondary N) is 1. The molecule has 0 aromatic heterocycles. The summed E-state index contributed by atoms with van der Waals surface area (Å²) < 4.78 is 0. The summed E-state index contributed by atoms with van der Waals surface area (Å²) >= 11 is 0. The first kappa shape index (κ1) is 15.9. The minimum absolute atomic E-state index is 0.0424. The number of carbonyl (C=O) groups is 2. The van der Waals surface area contributed by atoms with Gasteiger partial charge in [-0.25, -0.2) is 0 Å². The number of hydrogen-bond acceptors (Lipinski definition) is 4. The SMILES string of the molecule is CC(CCN(C)C)NC(=O)C(N)CCC(=O)O. The van der Waals surface area contributed by atoms with Crippen molar-refractivity contribution in [2.45, 2.75) is 38.3 Å². The summed E-state index contributed by atoms with van der Waals surface area (Å²) in [6.07, 6.45) is 0.923. The molecule has 17 heavy (non-hydrogen) atoms. The number of rotatable bonds is 8. The van der Waals surface area contributed by atoms with Gasteiger partial charge in [0, 0.05) is 12.5 Å². The third-order valence-corrected chi connectivity index (χ3v) is 2.40. The van der Waals surface area contributed by atoms with Crippen LogP contribution in [0.25, 0.3) is 0 Å². The minimum atomic E-state index is -0.936. The molecule has 0 spiro atoms. The smallest absolute Gasteiger partial charge is 0.303 e. The number of carbonyl (C=O) groups excluding carboxylic acids is 1. The van der Waals surface area contributed by atoms with Gasteiger partial charge in [-0.3, -0.25) is 9.59 Å². The summed E-state index contributed by atoms with van der Waals surface area (Å²) in [6.45, 7) is 2.79. The van der Waals surface area contributed by atoms with Gasteiger partial charge in [-0.15, -0.1) is 0 Å². The number of nitrogens with zero attached hydrogens (tertiary/aromatic N) is 1. The molecule has 1 amide bonds. The first-order valence-corrected chi connectivity index (χ1v) is 5.75. The van der Waals surface area contributed by atoms with Gasteiger partial charge < -0.3 is 21.1 Å². The van der Waals surface area contributed by atoms with Crippen LogP contribution >= 0.6 is 0 Å². The van der Waals surface area contributed by atoms with E-state index in [2.05, 4.69) is 5.32 Å². The van der Waals surface area contributed by atoms with Crippen molar-refractivity contribution < 1.29 is 14.7 Å². The Hall–Kier alpha value is -1.14. The van der Waals surface area contributed by atoms with E-state index in [0.29, 0.717) is 0 Å².